The van der Waals surface area contributed by atoms with Crippen LogP contribution in [-0.2, 0) is 0 Å². The summed E-state index contributed by atoms with van der Waals surface area (Å²) in [5, 5.41) is 11.5. The molecule has 0 bridgehead atoms. The minimum absolute atomic E-state index is 0. The summed E-state index contributed by atoms with van der Waals surface area (Å²) in [6.07, 6.45) is 1.87. The van der Waals surface area contributed by atoms with Crippen LogP contribution in [0.5, 0.6) is 0 Å². The van der Waals surface area contributed by atoms with E-state index < -0.39 is 0 Å². The lowest BCUT2D eigenvalue weighted by atomic mass is 10.0. The first-order chi connectivity index (χ1) is 14.6. The molecule has 2 aromatic carbocycles. The summed E-state index contributed by atoms with van der Waals surface area (Å²) in [5.41, 5.74) is 17.5. The van der Waals surface area contributed by atoms with Gasteiger partial charge in [-0.15, -0.1) is 12.4 Å². The van der Waals surface area contributed by atoms with Crippen LogP contribution in [0.1, 0.15) is 24.2 Å². The number of aryl methyl sites for hydroxylation is 2. The molecule has 0 aliphatic carbocycles. The van der Waals surface area contributed by atoms with Crippen LogP contribution in [0.2, 0.25) is 0 Å². The van der Waals surface area contributed by atoms with Crippen molar-refractivity contribution >= 4 is 56.4 Å². The molecule has 0 fully saturated rings. The van der Waals surface area contributed by atoms with E-state index in [1.54, 1.807) is 0 Å². The molecule has 0 amide bonds. The van der Waals surface area contributed by atoms with E-state index in [-0.39, 0.29) is 12.4 Å². The van der Waals surface area contributed by atoms with Crippen molar-refractivity contribution in [1.82, 2.24) is 9.97 Å². The lowest BCUT2D eigenvalue weighted by molar-refractivity contribution is 0.875. The molecule has 4 rings (SSSR count). The quantitative estimate of drug-likeness (QED) is 0.238. The summed E-state index contributed by atoms with van der Waals surface area (Å²) >= 11 is 0. The number of halogens is 1. The monoisotopic (exact) mass is 438 g/mol. The van der Waals surface area contributed by atoms with Crippen molar-refractivity contribution in [1.29, 1.82) is 0 Å². The van der Waals surface area contributed by atoms with Gasteiger partial charge in [0.25, 0.3) is 0 Å². The molecule has 0 atom stereocenters. The van der Waals surface area contributed by atoms with Crippen LogP contribution >= 0.6 is 12.4 Å². The fourth-order valence-electron chi connectivity index (χ4n) is 3.98. The van der Waals surface area contributed by atoms with Gasteiger partial charge in [-0.3, -0.25) is 9.97 Å². The van der Waals surface area contributed by atoms with Crippen molar-refractivity contribution < 1.29 is 0 Å². The minimum Gasteiger partial charge on any atom is -0.384 e. The predicted octanol–water partition coefficient (Wildman–Crippen LogP) is 4.50. The molecule has 0 saturated carbocycles. The van der Waals surface area contributed by atoms with Gasteiger partial charge in [0.2, 0.25) is 0 Å². The van der Waals surface area contributed by atoms with E-state index in [9.17, 15) is 0 Å². The Bertz CT molecular complexity index is 1110. The molecule has 0 aliphatic rings. The van der Waals surface area contributed by atoms with Gasteiger partial charge in [0, 0.05) is 57.4 Å². The van der Waals surface area contributed by atoms with Gasteiger partial charge < -0.3 is 22.1 Å². The zero-order chi connectivity index (χ0) is 21.1. The number of nitrogens with one attached hydrogen (secondary N) is 2. The summed E-state index contributed by atoms with van der Waals surface area (Å²) in [4.78, 5) is 9.77. The van der Waals surface area contributed by atoms with E-state index in [1.165, 1.54) is 0 Å². The molecule has 2 heterocycles. The highest BCUT2D eigenvalue weighted by Gasteiger charge is 2.12. The first-order valence-electron chi connectivity index (χ1n) is 10.6. The van der Waals surface area contributed by atoms with Gasteiger partial charge in [0.1, 0.15) is 0 Å². The van der Waals surface area contributed by atoms with E-state index in [0.29, 0.717) is 13.1 Å². The highest BCUT2D eigenvalue weighted by Crippen LogP contribution is 2.35. The van der Waals surface area contributed by atoms with Gasteiger partial charge in [-0.1, -0.05) is 24.3 Å². The molecular formula is C24H31ClN6. The number of nitrogens with two attached hydrogens (primary N) is 2. The Kier molecular flexibility index (Phi) is 7.49. The lowest BCUT2D eigenvalue weighted by Gasteiger charge is -2.15. The third-order valence-corrected chi connectivity index (χ3v) is 5.40. The second-order valence-electron chi connectivity index (χ2n) is 7.78. The molecule has 4 aromatic rings. The minimum atomic E-state index is 0. The number of hydrogen-bond acceptors (Lipinski definition) is 6. The normalized spacial score (nSPS) is 11.1. The molecule has 164 valence electrons. The van der Waals surface area contributed by atoms with Crippen molar-refractivity contribution in [3.05, 3.63) is 47.8 Å². The summed E-state index contributed by atoms with van der Waals surface area (Å²) < 4.78 is 0. The van der Waals surface area contributed by atoms with Crippen molar-refractivity contribution in [2.45, 2.75) is 26.7 Å². The lowest BCUT2D eigenvalue weighted by Crippen LogP contribution is -2.09. The highest BCUT2D eigenvalue weighted by molar-refractivity contribution is 6.18. The molecule has 0 saturated heterocycles. The molecular weight excluding hydrogens is 408 g/mol. The van der Waals surface area contributed by atoms with E-state index in [4.69, 9.17) is 21.4 Å². The average molecular weight is 439 g/mol. The SMILES string of the molecule is Cc1cc(NCCCN)c2ccc3c(ccc4c(NCCCN)cc(C)nc43)c2n1.Cl. The van der Waals surface area contributed by atoms with Gasteiger partial charge in [0.15, 0.2) is 0 Å². The van der Waals surface area contributed by atoms with Gasteiger partial charge in [-0.2, -0.15) is 0 Å². The number of benzene rings is 2. The number of rotatable bonds is 8. The summed E-state index contributed by atoms with van der Waals surface area (Å²) in [7, 11) is 0. The fraction of sp³-hybridized carbons (Fsp3) is 0.333. The maximum absolute atomic E-state index is 5.65. The molecule has 0 aliphatic heterocycles. The maximum atomic E-state index is 5.65. The van der Waals surface area contributed by atoms with Crippen LogP contribution in [0.3, 0.4) is 0 Å². The molecule has 0 unspecified atom stereocenters. The van der Waals surface area contributed by atoms with Crippen LogP contribution < -0.4 is 22.1 Å². The molecule has 0 radical (unpaired) electrons. The molecule has 6 nitrogen and oxygen atoms in total. The van der Waals surface area contributed by atoms with Gasteiger partial charge in [0.05, 0.1) is 11.0 Å². The average Bonchev–Trinajstić information content (AvgIpc) is 2.73. The van der Waals surface area contributed by atoms with Crippen molar-refractivity contribution in [3.8, 4) is 0 Å². The standard InChI is InChI=1S/C24H30N6.ClH/c1-15-13-21(27-11-3-9-25)19-7-6-18-17(23(19)29-15)5-8-20-22(28-12-4-10-26)14-16(2)30-24(18)20;/h5-8,13-14H,3-4,9-12,25-26H2,1-2H3,(H,27,29)(H,28,30);1H. The number of hydrogen-bond donors (Lipinski definition) is 4. The Hall–Kier alpha value is -2.67. The largest absolute Gasteiger partial charge is 0.384 e. The number of anilines is 2. The van der Waals surface area contributed by atoms with Crippen LogP contribution in [0.15, 0.2) is 36.4 Å². The molecule has 6 N–H and O–H groups in total. The summed E-state index contributed by atoms with van der Waals surface area (Å²) in [6, 6.07) is 12.9. The van der Waals surface area contributed by atoms with Crippen LogP contribution in [0.4, 0.5) is 11.4 Å². The van der Waals surface area contributed by atoms with E-state index in [1.807, 2.05) is 13.8 Å². The Morgan fingerprint density at radius 2 is 1.06 bits per heavy atom. The predicted molar refractivity (Wildman–Crippen MR) is 136 cm³/mol. The zero-order valence-electron chi connectivity index (χ0n) is 18.2. The number of nitrogens with zero attached hydrogens (tertiary/aromatic N) is 2. The molecule has 7 heteroatoms. The number of pyridine rings is 2. The third-order valence-electron chi connectivity index (χ3n) is 5.40. The van der Waals surface area contributed by atoms with Gasteiger partial charge >= 0.3 is 0 Å². The first-order valence-corrected chi connectivity index (χ1v) is 10.6. The first kappa shape index (κ1) is 23.0. The Labute approximate surface area is 189 Å². The highest BCUT2D eigenvalue weighted by atomic mass is 35.5. The molecule has 0 spiro atoms. The van der Waals surface area contributed by atoms with E-state index in [0.717, 1.165) is 81.3 Å². The van der Waals surface area contributed by atoms with Crippen molar-refractivity contribution in [2.24, 2.45) is 11.5 Å². The molecule has 31 heavy (non-hydrogen) atoms. The van der Waals surface area contributed by atoms with Gasteiger partial charge in [-0.25, -0.2) is 0 Å². The van der Waals surface area contributed by atoms with Crippen molar-refractivity contribution in [3.63, 3.8) is 0 Å². The number of fused-ring (bicyclic) bond motifs is 5. The summed E-state index contributed by atoms with van der Waals surface area (Å²) in [5.74, 6) is 0. The Balaban J connectivity index is 0.00000272. The van der Waals surface area contributed by atoms with Crippen LogP contribution in [0.25, 0.3) is 32.6 Å². The van der Waals surface area contributed by atoms with Crippen LogP contribution in [-0.4, -0.2) is 36.1 Å². The van der Waals surface area contributed by atoms with E-state index in [2.05, 4.69) is 47.0 Å². The second kappa shape index (κ2) is 10.1. The summed E-state index contributed by atoms with van der Waals surface area (Å²) in [6.45, 7) is 7.13. The smallest absolute Gasteiger partial charge is 0.0805 e. The zero-order valence-corrected chi connectivity index (χ0v) is 19.0. The second-order valence-corrected chi connectivity index (χ2v) is 7.78. The third kappa shape index (κ3) is 4.66. The van der Waals surface area contributed by atoms with Gasteiger partial charge in [-0.05, 0) is 51.9 Å². The Morgan fingerprint density at radius 1 is 0.677 bits per heavy atom. The fourth-order valence-corrected chi connectivity index (χ4v) is 3.98. The van der Waals surface area contributed by atoms with Crippen LogP contribution in [0, 0.1) is 13.8 Å². The topological polar surface area (TPSA) is 102 Å². The number of aromatic nitrogens is 2. The van der Waals surface area contributed by atoms with Crippen molar-refractivity contribution in [2.75, 3.05) is 36.8 Å². The Morgan fingerprint density at radius 3 is 1.45 bits per heavy atom. The maximum Gasteiger partial charge on any atom is 0.0805 e. The van der Waals surface area contributed by atoms with E-state index >= 15 is 0 Å². The molecule has 2 aromatic heterocycles.